The quantitative estimate of drug-likeness (QED) is 0.858. The lowest BCUT2D eigenvalue weighted by atomic mass is 10.0. The number of likely N-dealkylation sites (tertiary alicyclic amines) is 1. The van der Waals surface area contributed by atoms with Crippen molar-refractivity contribution in [3.63, 3.8) is 0 Å². The van der Waals surface area contributed by atoms with Crippen molar-refractivity contribution in [3.05, 3.63) is 59.4 Å². The first-order chi connectivity index (χ1) is 13.5. The van der Waals surface area contributed by atoms with Crippen molar-refractivity contribution in [2.75, 3.05) is 27.3 Å². The molecule has 0 saturated carbocycles. The zero-order valence-corrected chi connectivity index (χ0v) is 15.9. The molecule has 0 aliphatic carbocycles. The van der Waals surface area contributed by atoms with E-state index in [0.717, 1.165) is 0 Å². The number of nitrogens with one attached hydrogen (secondary N) is 1. The summed E-state index contributed by atoms with van der Waals surface area (Å²) in [5, 5.41) is 2.95. The number of rotatable bonds is 5. The maximum atomic E-state index is 13.0. The summed E-state index contributed by atoms with van der Waals surface area (Å²) in [6, 6.07) is 10.6. The average molecular weight is 386 g/mol. The molecule has 2 aromatic carbocycles. The van der Waals surface area contributed by atoms with Gasteiger partial charge in [0, 0.05) is 24.7 Å². The lowest BCUT2D eigenvalue weighted by molar-refractivity contribution is 0.0691. The van der Waals surface area contributed by atoms with Gasteiger partial charge in [-0.05, 0) is 49.2 Å². The van der Waals surface area contributed by atoms with Gasteiger partial charge in [-0.25, -0.2) is 4.39 Å². The highest BCUT2D eigenvalue weighted by atomic mass is 19.1. The van der Waals surface area contributed by atoms with Crippen molar-refractivity contribution < 1.29 is 23.5 Å². The largest absolute Gasteiger partial charge is 0.496 e. The lowest BCUT2D eigenvalue weighted by Crippen LogP contribution is -2.46. The summed E-state index contributed by atoms with van der Waals surface area (Å²) in [6.45, 7) is 1.02. The maximum absolute atomic E-state index is 13.0. The molecule has 28 heavy (non-hydrogen) atoms. The summed E-state index contributed by atoms with van der Waals surface area (Å²) in [5.41, 5.74) is 0.819. The Hall–Kier alpha value is -3.09. The molecular weight excluding hydrogens is 363 g/mol. The van der Waals surface area contributed by atoms with E-state index < -0.39 is 0 Å². The fourth-order valence-electron chi connectivity index (χ4n) is 3.32. The molecule has 7 heteroatoms. The SMILES string of the molecule is COc1cccc(OC)c1C(=O)N1CCC(NC(=O)c2ccc(F)cc2)CC1. The van der Waals surface area contributed by atoms with Crippen LogP contribution in [0, 0.1) is 5.82 Å². The van der Waals surface area contributed by atoms with Crippen molar-refractivity contribution in [2.24, 2.45) is 0 Å². The van der Waals surface area contributed by atoms with E-state index in [2.05, 4.69) is 5.32 Å². The number of halogens is 1. The second-order valence-corrected chi connectivity index (χ2v) is 6.58. The summed E-state index contributed by atoms with van der Waals surface area (Å²) >= 11 is 0. The molecule has 1 saturated heterocycles. The minimum atomic E-state index is -0.380. The molecule has 0 unspecified atom stereocenters. The first-order valence-electron chi connectivity index (χ1n) is 9.10. The molecule has 148 valence electrons. The fraction of sp³-hybridized carbons (Fsp3) is 0.333. The topological polar surface area (TPSA) is 67.9 Å². The molecule has 1 fully saturated rings. The van der Waals surface area contributed by atoms with Crippen LogP contribution in [-0.2, 0) is 0 Å². The van der Waals surface area contributed by atoms with Gasteiger partial charge in [0.25, 0.3) is 11.8 Å². The van der Waals surface area contributed by atoms with Crippen LogP contribution in [0.15, 0.2) is 42.5 Å². The number of ether oxygens (including phenoxy) is 2. The Kier molecular flexibility index (Phi) is 6.13. The second kappa shape index (κ2) is 8.73. The standard InChI is InChI=1S/C21H23FN2O4/c1-27-17-4-3-5-18(28-2)19(17)21(26)24-12-10-16(11-13-24)23-20(25)14-6-8-15(22)9-7-14/h3-9,16H,10-13H2,1-2H3,(H,23,25). The van der Waals surface area contributed by atoms with Crippen LogP contribution in [0.4, 0.5) is 4.39 Å². The van der Waals surface area contributed by atoms with Crippen LogP contribution >= 0.6 is 0 Å². The lowest BCUT2D eigenvalue weighted by Gasteiger charge is -2.33. The molecule has 0 spiro atoms. The van der Waals surface area contributed by atoms with Crippen molar-refractivity contribution in [1.29, 1.82) is 0 Å². The Balaban J connectivity index is 1.62. The smallest absolute Gasteiger partial charge is 0.261 e. The first kappa shape index (κ1) is 19.7. The van der Waals surface area contributed by atoms with Gasteiger partial charge < -0.3 is 19.7 Å². The van der Waals surface area contributed by atoms with E-state index in [1.54, 1.807) is 23.1 Å². The molecule has 6 nitrogen and oxygen atoms in total. The van der Waals surface area contributed by atoms with Gasteiger partial charge in [-0.15, -0.1) is 0 Å². The van der Waals surface area contributed by atoms with E-state index in [0.29, 0.717) is 48.6 Å². The Morgan fingerprint density at radius 1 is 1.00 bits per heavy atom. The molecular formula is C21H23FN2O4. The minimum Gasteiger partial charge on any atom is -0.496 e. The number of carbonyl (C=O) groups is 2. The molecule has 0 atom stereocenters. The van der Waals surface area contributed by atoms with Gasteiger partial charge in [-0.3, -0.25) is 9.59 Å². The highest BCUT2D eigenvalue weighted by Crippen LogP contribution is 2.30. The fourth-order valence-corrected chi connectivity index (χ4v) is 3.32. The van der Waals surface area contributed by atoms with Gasteiger partial charge in [0.2, 0.25) is 0 Å². The normalized spacial score (nSPS) is 14.5. The van der Waals surface area contributed by atoms with Crippen LogP contribution in [0.25, 0.3) is 0 Å². The van der Waals surface area contributed by atoms with Crippen molar-refractivity contribution in [1.82, 2.24) is 10.2 Å². The molecule has 0 radical (unpaired) electrons. The number of methoxy groups -OCH3 is 2. The molecule has 0 aromatic heterocycles. The number of benzene rings is 2. The molecule has 2 amide bonds. The summed E-state index contributed by atoms with van der Waals surface area (Å²) in [5.74, 6) is 0.163. The third kappa shape index (κ3) is 4.24. The van der Waals surface area contributed by atoms with Crippen LogP contribution in [-0.4, -0.2) is 50.1 Å². The first-order valence-corrected chi connectivity index (χ1v) is 9.10. The zero-order valence-electron chi connectivity index (χ0n) is 15.9. The van der Waals surface area contributed by atoms with Crippen molar-refractivity contribution in [2.45, 2.75) is 18.9 Å². The molecule has 0 bridgehead atoms. The van der Waals surface area contributed by atoms with Crippen LogP contribution in [0.2, 0.25) is 0 Å². The Labute approximate surface area is 163 Å². The summed E-state index contributed by atoms with van der Waals surface area (Å²) in [6.07, 6.45) is 1.27. The van der Waals surface area contributed by atoms with Gasteiger partial charge in [0.05, 0.1) is 14.2 Å². The van der Waals surface area contributed by atoms with Crippen molar-refractivity contribution >= 4 is 11.8 Å². The average Bonchev–Trinajstić information content (AvgIpc) is 2.73. The van der Waals surface area contributed by atoms with Gasteiger partial charge in [-0.1, -0.05) is 6.07 Å². The highest BCUT2D eigenvalue weighted by Gasteiger charge is 2.28. The number of hydrogen-bond acceptors (Lipinski definition) is 4. The molecule has 1 heterocycles. The number of amides is 2. The van der Waals surface area contributed by atoms with Gasteiger partial charge >= 0.3 is 0 Å². The van der Waals surface area contributed by atoms with Gasteiger partial charge in [0.15, 0.2) is 0 Å². The van der Waals surface area contributed by atoms with Crippen LogP contribution in [0.3, 0.4) is 0 Å². The predicted molar refractivity (Wildman–Crippen MR) is 102 cm³/mol. The number of piperidine rings is 1. The van der Waals surface area contributed by atoms with E-state index in [1.165, 1.54) is 38.5 Å². The molecule has 2 aromatic rings. The van der Waals surface area contributed by atoms with Crippen LogP contribution in [0.5, 0.6) is 11.5 Å². The number of nitrogens with zero attached hydrogens (tertiary/aromatic N) is 1. The van der Waals surface area contributed by atoms with E-state index >= 15 is 0 Å². The van der Waals surface area contributed by atoms with Crippen LogP contribution < -0.4 is 14.8 Å². The summed E-state index contributed by atoms with van der Waals surface area (Å²) in [7, 11) is 3.03. The molecule has 1 aliphatic rings. The Morgan fingerprint density at radius 3 is 2.11 bits per heavy atom. The molecule has 1 N–H and O–H groups in total. The second-order valence-electron chi connectivity index (χ2n) is 6.58. The number of hydrogen-bond donors (Lipinski definition) is 1. The Morgan fingerprint density at radius 2 is 1.57 bits per heavy atom. The third-order valence-electron chi connectivity index (χ3n) is 4.87. The van der Waals surface area contributed by atoms with E-state index in [1.807, 2.05) is 0 Å². The number of carbonyl (C=O) groups excluding carboxylic acids is 2. The van der Waals surface area contributed by atoms with Gasteiger partial charge in [-0.2, -0.15) is 0 Å². The molecule has 1 aliphatic heterocycles. The maximum Gasteiger partial charge on any atom is 0.261 e. The zero-order chi connectivity index (χ0) is 20.1. The van der Waals surface area contributed by atoms with E-state index in [-0.39, 0.29) is 23.7 Å². The van der Waals surface area contributed by atoms with E-state index in [4.69, 9.17) is 9.47 Å². The van der Waals surface area contributed by atoms with Gasteiger partial charge in [0.1, 0.15) is 22.9 Å². The monoisotopic (exact) mass is 386 g/mol. The minimum absolute atomic E-state index is 0.0406. The van der Waals surface area contributed by atoms with Crippen LogP contribution in [0.1, 0.15) is 33.6 Å². The summed E-state index contributed by atoms with van der Waals surface area (Å²) in [4.78, 5) is 27.0. The summed E-state index contributed by atoms with van der Waals surface area (Å²) < 4.78 is 23.6. The highest BCUT2D eigenvalue weighted by molar-refractivity contribution is 6.00. The van der Waals surface area contributed by atoms with Crippen molar-refractivity contribution in [3.8, 4) is 11.5 Å². The Bertz CT molecular complexity index is 824. The van der Waals surface area contributed by atoms with E-state index in [9.17, 15) is 14.0 Å². The predicted octanol–water partition coefficient (Wildman–Crippen LogP) is 2.88. The molecule has 3 rings (SSSR count). The third-order valence-corrected chi connectivity index (χ3v) is 4.87.